The molecule has 1 fully saturated rings. The first kappa shape index (κ1) is 17.6. The first-order chi connectivity index (χ1) is 11.7. The van der Waals surface area contributed by atoms with Crippen LogP contribution in [0, 0.1) is 5.82 Å². The quantitative estimate of drug-likeness (QED) is 0.770. The van der Waals surface area contributed by atoms with Crippen molar-refractivity contribution in [3.05, 3.63) is 54.0 Å². The summed E-state index contributed by atoms with van der Waals surface area (Å²) in [4.78, 5) is 3.13. The van der Waals surface area contributed by atoms with Gasteiger partial charge in [-0.15, -0.1) is 0 Å². The number of alkyl halides is 3. The van der Waals surface area contributed by atoms with E-state index in [2.05, 4.69) is 4.98 Å². The second-order valence-electron chi connectivity index (χ2n) is 5.38. The van der Waals surface area contributed by atoms with Crippen LogP contribution in [0.5, 0.6) is 5.88 Å². The maximum Gasteiger partial charge on any atom is 0.417 e. The van der Waals surface area contributed by atoms with E-state index >= 15 is 0 Å². The molecule has 0 radical (unpaired) electrons. The van der Waals surface area contributed by atoms with Crippen LogP contribution in [0.1, 0.15) is 5.56 Å². The molecule has 1 aliphatic heterocycles. The van der Waals surface area contributed by atoms with Crippen molar-refractivity contribution in [1.82, 2.24) is 9.29 Å². The fourth-order valence-corrected chi connectivity index (χ4v) is 3.82. The van der Waals surface area contributed by atoms with Crippen LogP contribution in [-0.2, 0) is 16.2 Å². The lowest BCUT2D eigenvalue weighted by Crippen LogP contribution is -2.56. The van der Waals surface area contributed by atoms with Gasteiger partial charge in [-0.05, 0) is 18.2 Å². The van der Waals surface area contributed by atoms with Gasteiger partial charge in [0.1, 0.15) is 16.8 Å². The summed E-state index contributed by atoms with van der Waals surface area (Å²) in [6, 6.07) is 6.90. The molecule has 5 nitrogen and oxygen atoms in total. The molecule has 25 heavy (non-hydrogen) atoms. The molecule has 2 heterocycles. The Bertz CT molecular complexity index is 863. The van der Waals surface area contributed by atoms with Gasteiger partial charge < -0.3 is 4.74 Å². The molecule has 0 aliphatic carbocycles. The van der Waals surface area contributed by atoms with Crippen molar-refractivity contribution in [1.29, 1.82) is 0 Å². The van der Waals surface area contributed by atoms with E-state index in [-0.39, 0.29) is 19.0 Å². The molecule has 0 bridgehead atoms. The molecule has 0 spiro atoms. The zero-order valence-corrected chi connectivity index (χ0v) is 13.4. The van der Waals surface area contributed by atoms with Gasteiger partial charge in [0.25, 0.3) is 0 Å². The number of rotatable bonds is 4. The number of halogens is 4. The Kier molecular flexibility index (Phi) is 4.41. The zero-order valence-electron chi connectivity index (χ0n) is 12.6. The summed E-state index contributed by atoms with van der Waals surface area (Å²) in [6.45, 7) is -0.0846. The van der Waals surface area contributed by atoms with Crippen LogP contribution >= 0.6 is 0 Å². The number of benzene rings is 1. The average molecular weight is 376 g/mol. The van der Waals surface area contributed by atoms with E-state index in [4.69, 9.17) is 4.74 Å². The minimum absolute atomic E-state index is 0.0408. The minimum Gasteiger partial charge on any atom is -0.472 e. The summed E-state index contributed by atoms with van der Waals surface area (Å²) < 4.78 is 81.9. The first-order valence-electron chi connectivity index (χ1n) is 7.12. The van der Waals surface area contributed by atoms with Gasteiger partial charge in [-0.25, -0.2) is 17.8 Å². The number of pyridine rings is 1. The predicted molar refractivity (Wildman–Crippen MR) is 78.8 cm³/mol. The topological polar surface area (TPSA) is 59.5 Å². The van der Waals surface area contributed by atoms with E-state index in [1.807, 2.05) is 0 Å². The van der Waals surface area contributed by atoms with E-state index in [1.54, 1.807) is 0 Å². The number of aromatic nitrogens is 1. The van der Waals surface area contributed by atoms with E-state index in [1.165, 1.54) is 12.1 Å². The van der Waals surface area contributed by atoms with Gasteiger partial charge in [0.15, 0.2) is 0 Å². The number of hydrogen-bond acceptors (Lipinski definition) is 4. The van der Waals surface area contributed by atoms with Crippen LogP contribution in [0.15, 0.2) is 47.5 Å². The summed E-state index contributed by atoms with van der Waals surface area (Å²) >= 11 is 0. The highest BCUT2D eigenvalue weighted by molar-refractivity contribution is 7.89. The van der Waals surface area contributed by atoms with Crippen LogP contribution in [0.25, 0.3) is 0 Å². The summed E-state index contributed by atoms with van der Waals surface area (Å²) in [5.74, 6) is -0.891. The average Bonchev–Trinajstić information content (AvgIpc) is 2.50. The molecule has 0 N–H and O–H groups in total. The molecule has 0 saturated carbocycles. The number of ether oxygens (including phenoxy) is 1. The van der Waals surface area contributed by atoms with Crippen molar-refractivity contribution in [3.63, 3.8) is 0 Å². The Labute approximate surface area is 140 Å². The molecule has 134 valence electrons. The predicted octanol–water partition coefficient (Wildman–Crippen LogP) is 2.69. The van der Waals surface area contributed by atoms with Gasteiger partial charge in [-0.3, -0.25) is 0 Å². The van der Waals surface area contributed by atoms with Crippen molar-refractivity contribution in [2.24, 2.45) is 0 Å². The number of nitrogens with zero attached hydrogens (tertiary/aromatic N) is 2. The summed E-state index contributed by atoms with van der Waals surface area (Å²) in [5.41, 5.74) is -0.905. The molecular formula is C15H12F4N2O3S. The van der Waals surface area contributed by atoms with Gasteiger partial charge in [0, 0.05) is 12.3 Å². The van der Waals surface area contributed by atoms with Gasteiger partial charge in [0.2, 0.25) is 15.9 Å². The highest BCUT2D eigenvalue weighted by Crippen LogP contribution is 2.30. The Morgan fingerprint density at radius 3 is 2.36 bits per heavy atom. The highest BCUT2D eigenvalue weighted by atomic mass is 32.2. The van der Waals surface area contributed by atoms with Crippen LogP contribution in [-0.4, -0.2) is 36.9 Å². The first-order valence-corrected chi connectivity index (χ1v) is 8.56. The summed E-state index contributed by atoms with van der Waals surface area (Å²) in [6.07, 6.45) is -4.42. The van der Waals surface area contributed by atoms with Crippen LogP contribution < -0.4 is 4.74 Å². The third-order valence-corrected chi connectivity index (χ3v) is 5.48. The van der Waals surface area contributed by atoms with Gasteiger partial charge in [-0.2, -0.15) is 17.5 Å². The van der Waals surface area contributed by atoms with E-state index in [0.29, 0.717) is 6.20 Å². The lowest BCUT2D eigenvalue weighted by atomic mass is 10.2. The SMILES string of the molecule is O=S(=O)(c1ccccc1F)N1CC(Oc2ccc(C(F)(F)F)cn2)C1. The Balaban J connectivity index is 1.62. The van der Waals surface area contributed by atoms with Crippen molar-refractivity contribution in [3.8, 4) is 5.88 Å². The standard InChI is InChI=1S/C15H12F4N2O3S/c16-12-3-1-2-4-13(12)25(22,23)21-8-11(9-21)24-14-6-5-10(7-20-14)15(17,18)19/h1-7,11H,8-9H2. The molecule has 1 aromatic carbocycles. The van der Waals surface area contributed by atoms with Crippen molar-refractivity contribution in [2.75, 3.05) is 13.1 Å². The molecule has 0 amide bonds. The van der Waals surface area contributed by atoms with E-state index in [9.17, 15) is 26.0 Å². The Morgan fingerprint density at radius 1 is 1.12 bits per heavy atom. The highest BCUT2D eigenvalue weighted by Gasteiger charge is 2.39. The van der Waals surface area contributed by atoms with Gasteiger partial charge >= 0.3 is 6.18 Å². The Morgan fingerprint density at radius 2 is 1.80 bits per heavy atom. The molecule has 2 aromatic rings. The molecule has 1 saturated heterocycles. The second-order valence-corrected chi connectivity index (χ2v) is 7.28. The smallest absolute Gasteiger partial charge is 0.417 e. The Hall–Kier alpha value is -2.20. The maximum absolute atomic E-state index is 13.6. The van der Waals surface area contributed by atoms with Crippen molar-refractivity contribution < 1.29 is 30.7 Å². The number of hydrogen-bond donors (Lipinski definition) is 0. The normalized spacial score (nSPS) is 16.5. The molecule has 0 atom stereocenters. The molecule has 1 aromatic heterocycles. The fraction of sp³-hybridized carbons (Fsp3) is 0.267. The molecule has 3 rings (SSSR count). The number of sulfonamides is 1. The molecule has 10 heteroatoms. The zero-order chi connectivity index (χ0) is 18.2. The van der Waals surface area contributed by atoms with Gasteiger partial charge in [-0.1, -0.05) is 12.1 Å². The van der Waals surface area contributed by atoms with Crippen LogP contribution in [0.3, 0.4) is 0 Å². The van der Waals surface area contributed by atoms with E-state index in [0.717, 1.165) is 28.6 Å². The van der Waals surface area contributed by atoms with Crippen molar-refractivity contribution >= 4 is 10.0 Å². The molecular weight excluding hydrogens is 364 g/mol. The lowest BCUT2D eigenvalue weighted by molar-refractivity contribution is -0.137. The third-order valence-electron chi connectivity index (χ3n) is 3.62. The molecule has 1 aliphatic rings. The van der Waals surface area contributed by atoms with Gasteiger partial charge in [0.05, 0.1) is 18.7 Å². The maximum atomic E-state index is 13.6. The minimum atomic E-state index is -4.49. The van der Waals surface area contributed by atoms with Crippen LogP contribution in [0.4, 0.5) is 17.6 Å². The second kappa shape index (κ2) is 6.26. The third kappa shape index (κ3) is 3.59. The summed E-state index contributed by atoms with van der Waals surface area (Å²) in [5, 5.41) is 0. The summed E-state index contributed by atoms with van der Waals surface area (Å²) in [7, 11) is -3.98. The largest absolute Gasteiger partial charge is 0.472 e. The van der Waals surface area contributed by atoms with E-state index < -0.39 is 38.6 Å². The van der Waals surface area contributed by atoms with Crippen molar-refractivity contribution in [2.45, 2.75) is 17.2 Å². The van der Waals surface area contributed by atoms with Crippen LogP contribution in [0.2, 0.25) is 0 Å². The molecule has 0 unspecified atom stereocenters. The monoisotopic (exact) mass is 376 g/mol. The fourth-order valence-electron chi connectivity index (χ4n) is 2.25. The lowest BCUT2D eigenvalue weighted by Gasteiger charge is -2.37.